The lowest BCUT2D eigenvalue weighted by molar-refractivity contribution is -0.155. The molecule has 0 bridgehead atoms. The molecular formula is C20H17Cl2N3O5S. The van der Waals surface area contributed by atoms with Crippen LogP contribution in [0.2, 0.25) is 10.0 Å². The first-order valence-corrected chi connectivity index (χ1v) is 10.6. The number of hydrogen-bond donors (Lipinski definition) is 2. The number of primary amides is 1. The first kappa shape index (κ1) is 22.8. The van der Waals surface area contributed by atoms with Crippen molar-refractivity contribution in [3.05, 3.63) is 50.9 Å². The van der Waals surface area contributed by atoms with E-state index in [0.717, 1.165) is 11.3 Å². The summed E-state index contributed by atoms with van der Waals surface area (Å²) in [5.41, 5.74) is 6.55. The van der Waals surface area contributed by atoms with Crippen LogP contribution in [0.3, 0.4) is 0 Å². The molecule has 3 rings (SSSR count). The van der Waals surface area contributed by atoms with Gasteiger partial charge in [0.05, 0.1) is 15.6 Å². The smallest absolute Gasteiger partial charge is 0.344 e. The molecule has 1 atom stereocenters. The van der Waals surface area contributed by atoms with Crippen molar-refractivity contribution >= 4 is 68.2 Å². The van der Waals surface area contributed by atoms with Crippen LogP contribution in [0.5, 0.6) is 5.75 Å². The SMILES string of the molecule is Cc1ccc2c(Cl)cc(Cl)c(OCC(=O)OC(C)C(=O)Nc3sccc3C(N)=O)c2n1. The molecule has 3 N–H and O–H groups in total. The Labute approximate surface area is 191 Å². The minimum absolute atomic E-state index is 0.173. The van der Waals surface area contributed by atoms with E-state index in [0.29, 0.717) is 21.6 Å². The number of carbonyl (C=O) groups is 3. The van der Waals surface area contributed by atoms with Crippen LogP contribution in [0.15, 0.2) is 29.6 Å². The number of ether oxygens (including phenoxy) is 2. The number of aryl methyl sites for hydroxylation is 1. The molecule has 3 aromatic rings. The average molecular weight is 482 g/mol. The fourth-order valence-electron chi connectivity index (χ4n) is 2.66. The molecule has 2 amide bonds. The molecule has 2 heterocycles. The van der Waals surface area contributed by atoms with Crippen molar-refractivity contribution in [3.63, 3.8) is 0 Å². The number of halogens is 2. The molecule has 0 aliphatic carbocycles. The Balaban J connectivity index is 1.65. The lowest BCUT2D eigenvalue weighted by Gasteiger charge is -2.15. The number of nitrogens with zero attached hydrogens (tertiary/aromatic N) is 1. The van der Waals surface area contributed by atoms with E-state index in [4.69, 9.17) is 38.4 Å². The van der Waals surface area contributed by atoms with E-state index >= 15 is 0 Å². The van der Waals surface area contributed by atoms with Gasteiger partial charge in [0.1, 0.15) is 10.5 Å². The predicted molar refractivity (Wildman–Crippen MR) is 119 cm³/mol. The number of pyridine rings is 1. The monoisotopic (exact) mass is 481 g/mol. The summed E-state index contributed by atoms with van der Waals surface area (Å²) in [6, 6.07) is 6.55. The van der Waals surface area contributed by atoms with Crippen LogP contribution in [0.1, 0.15) is 23.0 Å². The summed E-state index contributed by atoms with van der Waals surface area (Å²) in [6.07, 6.45) is -1.14. The second-order valence-electron chi connectivity index (χ2n) is 6.46. The first-order chi connectivity index (χ1) is 14.7. The van der Waals surface area contributed by atoms with Gasteiger partial charge in [0.15, 0.2) is 18.5 Å². The molecule has 11 heteroatoms. The van der Waals surface area contributed by atoms with Crippen molar-refractivity contribution in [2.24, 2.45) is 5.73 Å². The molecule has 162 valence electrons. The molecule has 31 heavy (non-hydrogen) atoms. The van der Waals surface area contributed by atoms with Gasteiger partial charge in [-0.3, -0.25) is 9.59 Å². The van der Waals surface area contributed by atoms with Gasteiger partial charge in [0, 0.05) is 11.1 Å². The summed E-state index contributed by atoms with van der Waals surface area (Å²) in [6.45, 7) is 2.68. The van der Waals surface area contributed by atoms with Gasteiger partial charge in [-0.15, -0.1) is 11.3 Å². The maximum Gasteiger partial charge on any atom is 0.344 e. The second kappa shape index (κ2) is 9.51. The number of thiophene rings is 1. The number of nitrogens with two attached hydrogens (primary N) is 1. The van der Waals surface area contributed by atoms with Crippen molar-refractivity contribution in [2.45, 2.75) is 20.0 Å². The van der Waals surface area contributed by atoms with E-state index < -0.39 is 30.5 Å². The molecule has 0 spiro atoms. The van der Waals surface area contributed by atoms with Crippen LogP contribution in [0.4, 0.5) is 5.00 Å². The highest BCUT2D eigenvalue weighted by Gasteiger charge is 2.22. The van der Waals surface area contributed by atoms with E-state index in [9.17, 15) is 14.4 Å². The third-order valence-corrected chi connectivity index (χ3v) is 5.58. The third kappa shape index (κ3) is 5.25. The summed E-state index contributed by atoms with van der Waals surface area (Å²) >= 11 is 13.5. The number of anilines is 1. The van der Waals surface area contributed by atoms with E-state index in [2.05, 4.69) is 10.3 Å². The first-order valence-electron chi connectivity index (χ1n) is 8.93. The summed E-state index contributed by atoms with van der Waals surface area (Å²) < 4.78 is 10.6. The van der Waals surface area contributed by atoms with Gasteiger partial charge in [-0.25, -0.2) is 9.78 Å². The van der Waals surface area contributed by atoms with E-state index in [1.54, 1.807) is 24.4 Å². The van der Waals surface area contributed by atoms with E-state index in [1.165, 1.54) is 19.1 Å². The van der Waals surface area contributed by atoms with Crippen LogP contribution >= 0.6 is 34.5 Å². The predicted octanol–water partition coefficient (Wildman–Crippen LogP) is 3.96. The van der Waals surface area contributed by atoms with Gasteiger partial charge in [-0.05, 0) is 43.5 Å². The minimum Gasteiger partial charge on any atom is -0.478 e. The van der Waals surface area contributed by atoms with Gasteiger partial charge < -0.3 is 20.5 Å². The molecule has 0 aliphatic rings. The molecule has 0 saturated carbocycles. The number of hydrogen-bond acceptors (Lipinski definition) is 7. The fraction of sp³-hybridized carbons (Fsp3) is 0.200. The lowest BCUT2D eigenvalue weighted by Crippen LogP contribution is -2.32. The fourth-order valence-corrected chi connectivity index (χ4v) is 4.02. The zero-order valence-corrected chi connectivity index (χ0v) is 18.7. The zero-order valence-electron chi connectivity index (χ0n) is 16.4. The minimum atomic E-state index is -1.14. The molecule has 2 aromatic heterocycles. The number of fused-ring (bicyclic) bond motifs is 1. The zero-order chi connectivity index (χ0) is 22.7. The number of aromatic nitrogens is 1. The lowest BCUT2D eigenvalue weighted by atomic mass is 10.2. The summed E-state index contributed by atoms with van der Waals surface area (Å²) in [5, 5.41) is 5.60. The van der Waals surface area contributed by atoms with E-state index in [-0.39, 0.29) is 21.3 Å². The maximum absolute atomic E-state index is 12.3. The molecule has 1 aromatic carbocycles. The Morgan fingerprint density at radius 3 is 2.68 bits per heavy atom. The van der Waals surface area contributed by atoms with Gasteiger partial charge in [-0.1, -0.05) is 23.2 Å². The van der Waals surface area contributed by atoms with Crippen molar-refractivity contribution in [1.29, 1.82) is 0 Å². The van der Waals surface area contributed by atoms with Gasteiger partial charge in [-0.2, -0.15) is 0 Å². The maximum atomic E-state index is 12.3. The standard InChI is InChI=1S/C20H17Cl2N3O5S/c1-9-3-4-11-13(21)7-14(22)17(16(11)24-9)29-8-15(26)30-10(2)19(28)25-20-12(18(23)27)5-6-31-20/h3-7,10H,8H2,1-2H3,(H2,23,27)(H,25,28). The average Bonchev–Trinajstić information content (AvgIpc) is 3.15. The molecule has 0 aliphatic heterocycles. The molecule has 8 nitrogen and oxygen atoms in total. The van der Waals surface area contributed by atoms with Crippen LogP contribution < -0.4 is 15.8 Å². The topological polar surface area (TPSA) is 121 Å². The Morgan fingerprint density at radius 2 is 1.97 bits per heavy atom. The molecule has 1 unspecified atom stereocenters. The van der Waals surface area contributed by atoms with Crippen LogP contribution in [-0.2, 0) is 14.3 Å². The number of benzene rings is 1. The number of amides is 2. The Morgan fingerprint density at radius 1 is 1.23 bits per heavy atom. The second-order valence-corrected chi connectivity index (χ2v) is 8.19. The van der Waals surface area contributed by atoms with Crippen molar-refractivity contribution in [2.75, 3.05) is 11.9 Å². The summed E-state index contributed by atoms with van der Waals surface area (Å²) in [7, 11) is 0. The Hall–Kier alpha value is -2.88. The van der Waals surface area contributed by atoms with Crippen LogP contribution in [0.25, 0.3) is 10.9 Å². The third-order valence-electron chi connectivity index (χ3n) is 4.16. The Kier molecular flexibility index (Phi) is 6.99. The quantitative estimate of drug-likeness (QED) is 0.492. The van der Waals surface area contributed by atoms with Gasteiger partial charge in [0.25, 0.3) is 11.8 Å². The molecular weight excluding hydrogens is 465 g/mol. The van der Waals surface area contributed by atoms with Gasteiger partial charge in [0.2, 0.25) is 0 Å². The number of nitrogens with one attached hydrogen (secondary N) is 1. The normalized spacial score (nSPS) is 11.7. The van der Waals surface area contributed by atoms with E-state index in [1.807, 2.05) is 0 Å². The summed E-state index contributed by atoms with van der Waals surface area (Å²) in [4.78, 5) is 40.2. The highest BCUT2D eigenvalue weighted by atomic mass is 35.5. The number of carbonyl (C=O) groups excluding carboxylic acids is 3. The van der Waals surface area contributed by atoms with Crippen LogP contribution in [0, 0.1) is 6.92 Å². The van der Waals surface area contributed by atoms with Crippen molar-refractivity contribution < 1.29 is 23.9 Å². The van der Waals surface area contributed by atoms with Crippen molar-refractivity contribution in [3.8, 4) is 5.75 Å². The highest BCUT2D eigenvalue weighted by molar-refractivity contribution is 7.14. The molecule has 0 radical (unpaired) electrons. The van der Waals surface area contributed by atoms with Crippen molar-refractivity contribution in [1.82, 2.24) is 4.98 Å². The largest absolute Gasteiger partial charge is 0.478 e. The highest BCUT2D eigenvalue weighted by Crippen LogP contribution is 2.37. The number of rotatable bonds is 7. The number of esters is 1. The molecule has 0 saturated heterocycles. The Bertz CT molecular complexity index is 1180. The van der Waals surface area contributed by atoms with Crippen LogP contribution in [-0.4, -0.2) is 35.5 Å². The molecule has 0 fully saturated rings. The summed E-state index contributed by atoms with van der Waals surface area (Å²) in [5.74, 6) is -1.91. The van der Waals surface area contributed by atoms with Gasteiger partial charge >= 0.3 is 5.97 Å².